The van der Waals surface area contributed by atoms with Crippen LogP contribution in [0.1, 0.15) is 78.6 Å². The molecule has 0 heterocycles. The van der Waals surface area contributed by atoms with Crippen molar-refractivity contribution in [3.8, 4) is 0 Å². The molecule has 0 bridgehead atoms. The number of oxime groups is 1. The Morgan fingerprint density at radius 1 is 1.00 bits per heavy atom. The first-order chi connectivity index (χ1) is 20.0. The van der Waals surface area contributed by atoms with Crippen molar-refractivity contribution in [2.75, 3.05) is 60.5 Å². The number of aliphatic hydroxyl groups excluding tert-OH is 1. The Hall–Kier alpha value is -1.43. The number of alkyl halides is 3. The van der Waals surface area contributed by atoms with Gasteiger partial charge in [0, 0.05) is 32.1 Å². The molecule has 0 aromatic rings. The van der Waals surface area contributed by atoms with Gasteiger partial charge >= 0.3 is 12.5 Å². The lowest BCUT2D eigenvalue weighted by Gasteiger charge is -2.61. The van der Waals surface area contributed by atoms with E-state index in [-0.39, 0.29) is 30.5 Å². The largest absolute Gasteiger partial charge is 0.522 e. The fraction of sp³-hybridized carbons (Fsp3) is 0.938. The second-order valence-electron chi connectivity index (χ2n) is 15.4. The maximum Gasteiger partial charge on any atom is 0.522 e. The van der Waals surface area contributed by atoms with E-state index in [1.54, 1.807) is 0 Å². The minimum Gasteiger partial charge on any atom is -0.393 e. The number of halogens is 3. The van der Waals surface area contributed by atoms with Crippen molar-refractivity contribution < 1.29 is 37.1 Å². The minimum atomic E-state index is -4.75. The van der Waals surface area contributed by atoms with Crippen LogP contribution in [0.2, 0.25) is 0 Å². The highest BCUT2D eigenvalue weighted by Crippen LogP contribution is 2.67. The molecule has 4 rings (SSSR count). The molecule has 0 aromatic carbocycles. The molecule has 0 spiro atoms. The maximum atomic E-state index is 13.0. The summed E-state index contributed by atoms with van der Waals surface area (Å²) < 4.78 is 42.5. The van der Waals surface area contributed by atoms with Crippen LogP contribution in [0.4, 0.5) is 18.0 Å². The summed E-state index contributed by atoms with van der Waals surface area (Å²) in [6.45, 7) is 8.12. The summed E-state index contributed by atoms with van der Waals surface area (Å²) in [7, 11) is 6.23. The highest BCUT2D eigenvalue weighted by atomic mass is 19.4. The van der Waals surface area contributed by atoms with E-state index in [2.05, 4.69) is 50.2 Å². The third kappa shape index (κ3) is 8.24. The zero-order valence-electron chi connectivity index (χ0n) is 27.2. The lowest BCUT2D eigenvalue weighted by Crippen LogP contribution is -2.54. The standard InChI is InChI=1S/C32H56F3N4O4/c1-22(37-43-29(41)38(18-20-42-32(33,34)35)17-15-36-16-19-39(4,5)6)26-9-10-27-25-8-7-23-21-24(40)11-13-30(23,2)28(25)12-14-31(26,27)3/h23-28,36,40H,7-21H2,1-6H3/q+1/b37-22+/t23-,24-,25-,26+,27-,28-,30-,31+/m0/s1. The first-order valence-corrected chi connectivity index (χ1v) is 16.4. The van der Waals surface area contributed by atoms with Crippen molar-refractivity contribution >= 4 is 11.8 Å². The molecule has 4 aliphatic carbocycles. The van der Waals surface area contributed by atoms with Crippen molar-refractivity contribution in [3.63, 3.8) is 0 Å². The summed E-state index contributed by atoms with van der Waals surface area (Å²) >= 11 is 0. The number of fused-ring (bicyclic) bond motifs is 5. The van der Waals surface area contributed by atoms with Crippen LogP contribution in [0.15, 0.2) is 5.16 Å². The van der Waals surface area contributed by atoms with Crippen LogP contribution in [0.5, 0.6) is 0 Å². The summed E-state index contributed by atoms with van der Waals surface area (Å²) in [6.07, 6.45) is 4.24. The van der Waals surface area contributed by atoms with Crippen LogP contribution in [0.3, 0.4) is 0 Å². The van der Waals surface area contributed by atoms with Gasteiger partial charge in [-0.05, 0) is 99.2 Å². The van der Waals surface area contributed by atoms with Gasteiger partial charge < -0.3 is 19.8 Å². The highest BCUT2D eigenvalue weighted by Gasteiger charge is 2.60. The van der Waals surface area contributed by atoms with E-state index >= 15 is 0 Å². The zero-order chi connectivity index (χ0) is 31.6. The summed E-state index contributed by atoms with van der Waals surface area (Å²) in [4.78, 5) is 19.6. The van der Waals surface area contributed by atoms with E-state index in [4.69, 9.17) is 4.84 Å². The number of ether oxygens (including phenoxy) is 1. The van der Waals surface area contributed by atoms with Crippen LogP contribution in [0.25, 0.3) is 0 Å². The Bertz CT molecular complexity index is 989. The molecular weight excluding hydrogens is 561 g/mol. The summed E-state index contributed by atoms with van der Waals surface area (Å²) in [5.41, 5.74) is 1.21. The topological polar surface area (TPSA) is 83.4 Å². The number of carbonyl (C=O) groups is 1. The third-order valence-electron chi connectivity index (χ3n) is 11.8. The Labute approximate surface area is 256 Å². The average molecular weight is 618 g/mol. The summed E-state index contributed by atoms with van der Waals surface area (Å²) in [6, 6.07) is 0. The molecule has 4 aliphatic rings. The maximum absolute atomic E-state index is 13.0. The van der Waals surface area contributed by atoms with E-state index in [0.29, 0.717) is 42.2 Å². The predicted molar refractivity (Wildman–Crippen MR) is 160 cm³/mol. The Morgan fingerprint density at radius 3 is 2.40 bits per heavy atom. The molecule has 11 heteroatoms. The molecule has 1 amide bonds. The molecular formula is C32H56F3N4O4+. The molecule has 0 aromatic heterocycles. The molecule has 248 valence electrons. The van der Waals surface area contributed by atoms with Crippen LogP contribution < -0.4 is 5.32 Å². The Kier molecular flexibility index (Phi) is 10.8. The summed E-state index contributed by atoms with van der Waals surface area (Å²) in [5.74, 6) is 2.83. The van der Waals surface area contributed by atoms with Crippen molar-refractivity contribution in [1.29, 1.82) is 0 Å². The molecule has 2 N–H and O–H groups in total. The Balaban J connectivity index is 1.36. The monoisotopic (exact) mass is 617 g/mol. The zero-order valence-corrected chi connectivity index (χ0v) is 27.2. The normalized spacial score (nSPS) is 36.5. The SMILES string of the molecule is C/C(=N\OC(=O)N(CCNCC[N+](C)(C)C)CCOC(F)(F)F)[C@H]1CC[C@H]2[C@@H]3CC[C@H]4C[C@@H](O)CC[C@]4(C)[C@H]3CC[C@]12C. The van der Waals surface area contributed by atoms with Crippen molar-refractivity contribution in [1.82, 2.24) is 10.2 Å². The number of amides is 1. The predicted octanol–water partition coefficient (Wildman–Crippen LogP) is 5.65. The van der Waals surface area contributed by atoms with Crippen molar-refractivity contribution in [2.24, 2.45) is 45.6 Å². The van der Waals surface area contributed by atoms with Crippen LogP contribution in [-0.2, 0) is 9.57 Å². The number of hydrogen-bond donors (Lipinski definition) is 2. The number of aliphatic hydroxyl groups is 1. The number of quaternary nitrogens is 1. The van der Waals surface area contributed by atoms with Gasteiger partial charge in [0.05, 0.1) is 46.1 Å². The van der Waals surface area contributed by atoms with Gasteiger partial charge in [-0.2, -0.15) is 0 Å². The van der Waals surface area contributed by atoms with E-state index < -0.39 is 19.1 Å². The molecule has 0 unspecified atom stereocenters. The van der Waals surface area contributed by atoms with Gasteiger partial charge in [-0.1, -0.05) is 19.0 Å². The molecule has 0 aliphatic heterocycles. The van der Waals surface area contributed by atoms with Crippen LogP contribution in [-0.4, -0.2) is 99.2 Å². The summed E-state index contributed by atoms with van der Waals surface area (Å²) in [5, 5.41) is 17.9. The molecule has 4 saturated carbocycles. The van der Waals surface area contributed by atoms with Crippen LogP contribution >= 0.6 is 0 Å². The van der Waals surface area contributed by atoms with Gasteiger partial charge in [0.1, 0.15) is 0 Å². The number of hydrogen-bond acceptors (Lipinski definition) is 6. The second-order valence-corrected chi connectivity index (χ2v) is 15.4. The Morgan fingerprint density at radius 2 is 1.70 bits per heavy atom. The fourth-order valence-electron chi connectivity index (χ4n) is 9.47. The molecule has 43 heavy (non-hydrogen) atoms. The number of nitrogens with one attached hydrogen (secondary N) is 1. The van der Waals surface area contributed by atoms with Gasteiger partial charge in [0.25, 0.3) is 0 Å². The fourth-order valence-corrected chi connectivity index (χ4v) is 9.47. The van der Waals surface area contributed by atoms with Gasteiger partial charge in [0.2, 0.25) is 0 Å². The lowest BCUT2D eigenvalue weighted by molar-refractivity contribution is -0.869. The number of carbonyl (C=O) groups excluding carboxylic acids is 1. The number of nitrogens with zero attached hydrogens (tertiary/aromatic N) is 3. The molecule has 8 atom stereocenters. The highest BCUT2D eigenvalue weighted by molar-refractivity contribution is 5.85. The quantitative estimate of drug-likeness (QED) is 0.103. The van der Waals surface area contributed by atoms with Crippen molar-refractivity contribution in [3.05, 3.63) is 0 Å². The van der Waals surface area contributed by atoms with Crippen molar-refractivity contribution in [2.45, 2.75) is 91.0 Å². The molecule has 8 nitrogen and oxygen atoms in total. The van der Waals surface area contributed by atoms with E-state index in [1.807, 2.05) is 6.92 Å². The minimum absolute atomic E-state index is 0.0915. The van der Waals surface area contributed by atoms with Gasteiger partial charge in [-0.3, -0.25) is 9.57 Å². The third-order valence-corrected chi connectivity index (χ3v) is 11.8. The van der Waals surface area contributed by atoms with Crippen LogP contribution in [0, 0.1) is 40.4 Å². The second kappa shape index (κ2) is 13.5. The molecule has 0 radical (unpaired) electrons. The first-order valence-electron chi connectivity index (χ1n) is 16.4. The van der Waals surface area contributed by atoms with Gasteiger partial charge in [-0.15, -0.1) is 13.2 Å². The first kappa shape index (κ1) is 34.4. The average Bonchev–Trinajstić information content (AvgIpc) is 3.27. The van der Waals surface area contributed by atoms with E-state index in [0.717, 1.165) is 55.3 Å². The van der Waals surface area contributed by atoms with Gasteiger partial charge in [-0.25, -0.2) is 4.79 Å². The lowest BCUT2D eigenvalue weighted by atomic mass is 9.44. The van der Waals surface area contributed by atoms with E-state index in [1.165, 1.54) is 24.2 Å². The van der Waals surface area contributed by atoms with Gasteiger partial charge in [0.15, 0.2) is 0 Å². The smallest absolute Gasteiger partial charge is 0.393 e. The molecule has 4 fully saturated rings. The molecule has 0 saturated heterocycles. The number of rotatable bonds is 11. The number of likely N-dealkylation sites (N-methyl/N-ethyl adjacent to an activating group) is 1. The van der Waals surface area contributed by atoms with E-state index in [9.17, 15) is 23.1 Å².